The van der Waals surface area contributed by atoms with E-state index in [1.807, 2.05) is 19.9 Å². The van der Waals surface area contributed by atoms with Crippen LogP contribution in [0.25, 0.3) is 0 Å². The zero-order valence-electron chi connectivity index (χ0n) is 11.1. The van der Waals surface area contributed by atoms with Crippen LogP contribution in [0.4, 0.5) is 11.4 Å². The minimum Gasteiger partial charge on any atom is -0.372 e. The van der Waals surface area contributed by atoms with Gasteiger partial charge in [0.15, 0.2) is 0 Å². The molecule has 96 valence electrons. The van der Waals surface area contributed by atoms with Crippen LogP contribution in [-0.2, 0) is 4.79 Å². The molecule has 2 rings (SSSR count). The van der Waals surface area contributed by atoms with Crippen LogP contribution in [0.1, 0.15) is 25.3 Å². The monoisotopic (exact) mass is 244 g/mol. The summed E-state index contributed by atoms with van der Waals surface area (Å²) >= 11 is 0. The van der Waals surface area contributed by atoms with E-state index in [4.69, 9.17) is 0 Å². The first-order chi connectivity index (χ1) is 8.70. The quantitative estimate of drug-likeness (QED) is 0.829. The second-order valence-corrected chi connectivity index (χ2v) is 4.68. The van der Waals surface area contributed by atoms with Crippen molar-refractivity contribution in [1.29, 1.82) is 0 Å². The van der Waals surface area contributed by atoms with Crippen molar-refractivity contribution in [3.05, 3.63) is 35.9 Å². The maximum absolute atomic E-state index is 11.5. The highest BCUT2D eigenvalue weighted by Gasteiger charge is 2.13. The van der Waals surface area contributed by atoms with Gasteiger partial charge in [0.05, 0.1) is 0 Å². The molecule has 1 saturated heterocycles. The molecule has 1 aromatic rings. The summed E-state index contributed by atoms with van der Waals surface area (Å²) in [5, 5.41) is 2.88. The van der Waals surface area contributed by atoms with Gasteiger partial charge in [-0.25, -0.2) is 0 Å². The highest BCUT2D eigenvalue weighted by Crippen LogP contribution is 2.25. The molecule has 0 bridgehead atoms. The Labute approximate surface area is 108 Å². The molecule has 0 unspecified atom stereocenters. The molecule has 0 saturated carbocycles. The Morgan fingerprint density at radius 1 is 1.33 bits per heavy atom. The number of anilines is 2. The molecule has 1 fully saturated rings. The Morgan fingerprint density at radius 2 is 2.06 bits per heavy atom. The zero-order valence-corrected chi connectivity index (χ0v) is 11.1. The first-order valence-corrected chi connectivity index (χ1v) is 6.50. The summed E-state index contributed by atoms with van der Waals surface area (Å²) in [6.07, 6.45) is 5.83. The predicted octanol–water partition coefficient (Wildman–Crippen LogP) is 3.11. The summed E-state index contributed by atoms with van der Waals surface area (Å²) in [7, 11) is 0. The van der Waals surface area contributed by atoms with E-state index in [1.165, 1.54) is 24.6 Å². The van der Waals surface area contributed by atoms with Crippen molar-refractivity contribution in [3.8, 4) is 0 Å². The van der Waals surface area contributed by atoms with E-state index in [-0.39, 0.29) is 5.91 Å². The molecule has 0 spiro atoms. The average molecular weight is 244 g/mol. The molecule has 3 nitrogen and oxygen atoms in total. The van der Waals surface area contributed by atoms with Crippen molar-refractivity contribution >= 4 is 17.3 Å². The molecule has 0 aliphatic carbocycles. The van der Waals surface area contributed by atoms with Gasteiger partial charge in [-0.3, -0.25) is 4.79 Å². The highest BCUT2D eigenvalue weighted by molar-refractivity contribution is 5.99. The summed E-state index contributed by atoms with van der Waals surface area (Å²) in [4.78, 5) is 13.9. The SMILES string of the molecule is CC=CC(=O)Nc1ccc(N2CCCC2)cc1C. The molecule has 0 aromatic heterocycles. The molecule has 1 aromatic carbocycles. The van der Waals surface area contributed by atoms with Crippen LogP contribution in [0, 0.1) is 6.92 Å². The molecule has 0 radical (unpaired) electrons. The smallest absolute Gasteiger partial charge is 0.248 e. The van der Waals surface area contributed by atoms with Gasteiger partial charge in [-0.1, -0.05) is 6.08 Å². The zero-order chi connectivity index (χ0) is 13.0. The van der Waals surface area contributed by atoms with E-state index in [1.54, 1.807) is 6.08 Å². The lowest BCUT2D eigenvalue weighted by Crippen LogP contribution is -2.18. The lowest BCUT2D eigenvalue weighted by molar-refractivity contribution is -0.111. The van der Waals surface area contributed by atoms with Crippen molar-refractivity contribution < 1.29 is 4.79 Å². The second kappa shape index (κ2) is 5.71. The topological polar surface area (TPSA) is 32.3 Å². The molecule has 1 aliphatic rings. The van der Waals surface area contributed by atoms with Gasteiger partial charge in [0.25, 0.3) is 0 Å². The fourth-order valence-corrected chi connectivity index (χ4v) is 2.29. The minimum atomic E-state index is -0.0745. The summed E-state index contributed by atoms with van der Waals surface area (Å²) in [6.45, 7) is 6.15. The average Bonchev–Trinajstić information content (AvgIpc) is 2.85. The normalized spacial score (nSPS) is 15.3. The van der Waals surface area contributed by atoms with Gasteiger partial charge in [0.1, 0.15) is 0 Å². The van der Waals surface area contributed by atoms with Crippen LogP contribution < -0.4 is 10.2 Å². The molecule has 0 atom stereocenters. The standard InChI is InChI=1S/C15H20N2O/c1-3-6-15(18)16-14-8-7-13(11-12(14)2)17-9-4-5-10-17/h3,6-8,11H,4-5,9-10H2,1-2H3,(H,16,18). The Hall–Kier alpha value is -1.77. The molecule has 18 heavy (non-hydrogen) atoms. The number of carbonyl (C=O) groups is 1. The van der Waals surface area contributed by atoms with Gasteiger partial charge in [-0.05, 0) is 56.5 Å². The Morgan fingerprint density at radius 3 is 2.67 bits per heavy atom. The van der Waals surface area contributed by atoms with Crippen LogP contribution in [0.15, 0.2) is 30.4 Å². The first kappa shape index (κ1) is 12.7. The third kappa shape index (κ3) is 2.92. The lowest BCUT2D eigenvalue weighted by atomic mass is 10.1. The number of aryl methyl sites for hydroxylation is 1. The first-order valence-electron chi connectivity index (χ1n) is 6.50. The van der Waals surface area contributed by atoms with Crippen LogP contribution >= 0.6 is 0 Å². The van der Waals surface area contributed by atoms with Gasteiger partial charge in [0, 0.05) is 24.5 Å². The number of nitrogens with one attached hydrogen (secondary N) is 1. The van der Waals surface area contributed by atoms with E-state index >= 15 is 0 Å². The molecule has 1 heterocycles. The number of amides is 1. The molecule has 1 aliphatic heterocycles. The number of allylic oxidation sites excluding steroid dienone is 1. The maximum Gasteiger partial charge on any atom is 0.248 e. The van der Waals surface area contributed by atoms with E-state index in [0.717, 1.165) is 24.3 Å². The van der Waals surface area contributed by atoms with Crippen LogP contribution in [0.3, 0.4) is 0 Å². The molecular formula is C15H20N2O. The van der Waals surface area contributed by atoms with Gasteiger partial charge < -0.3 is 10.2 Å². The largest absolute Gasteiger partial charge is 0.372 e. The van der Waals surface area contributed by atoms with E-state index in [2.05, 4.69) is 22.3 Å². The third-order valence-electron chi connectivity index (χ3n) is 3.26. The number of benzene rings is 1. The van der Waals surface area contributed by atoms with Gasteiger partial charge in [-0.2, -0.15) is 0 Å². The summed E-state index contributed by atoms with van der Waals surface area (Å²) in [5.74, 6) is -0.0745. The van der Waals surface area contributed by atoms with Crippen molar-refractivity contribution in [2.45, 2.75) is 26.7 Å². The Kier molecular flexibility index (Phi) is 4.03. The van der Waals surface area contributed by atoms with Crippen LogP contribution in [0.5, 0.6) is 0 Å². The van der Waals surface area contributed by atoms with Crippen LogP contribution in [0.2, 0.25) is 0 Å². The van der Waals surface area contributed by atoms with Gasteiger partial charge in [0.2, 0.25) is 5.91 Å². The lowest BCUT2D eigenvalue weighted by Gasteiger charge is -2.19. The van der Waals surface area contributed by atoms with E-state index in [9.17, 15) is 4.79 Å². The van der Waals surface area contributed by atoms with Crippen LogP contribution in [-0.4, -0.2) is 19.0 Å². The number of hydrogen-bond acceptors (Lipinski definition) is 2. The van der Waals surface area contributed by atoms with Crippen molar-refractivity contribution in [2.24, 2.45) is 0 Å². The highest BCUT2D eigenvalue weighted by atomic mass is 16.1. The second-order valence-electron chi connectivity index (χ2n) is 4.68. The van der Waals surface area contributed by atoms with E-state index in [0.29, 0.717) is 0 Å². The predicted molar refractivity (Wildman–Crippen MR) is 76.1 cm³/mol. The molecule has 3 heteroatoms. The third-order valence-corrected chi connectivity index (χ3v) is 3.26. The number of hydrogen-bond donors (Lipinski definition) is 1. The summed E-state index contributed by atoms with van der Waals surface area (Å²) < 4.78 is 0. The number of nitrogens with zero attached hydrogens (tertiary/aromatic N) is 1. The van der Waals surface area contributed by atoms with Crippen molar-refractivity contribution in [2.75, 3.05) is 23.3 Å². The van der Waals surface area contributed by atoms with Crippen molar-refractivity contribution in [1.82, 2.24) is 0 Å². The number of rotatable bonds is 3. The fourth-order valence-electron chi connectivity index (χ4n) is 2.29. The maximum atomic E-state index is 11.5. The molecule has 1 amide bonds. The number of carbonyl (C=O) groups excluding carboxylic acids is 1. The molecule has 1 N–H and O–H groups in total. The van der Waals surface area contributed by atoms with Crippen molar-refractivity contribution in [3.63, 3.8) is 0 Å². The Bertz CT molecular complexity index is 460. The van der Waals surface area contributed by atoms with Gasteiger partial charge >= 0.3 is 0 Å². The minimum absolute atomic E-state index is 0.0745. The van der Waals surface area contributed by atoms with Gasteiger partial charge in [-0.15, -0.1) is 0 Å². The fraction of sp³-hybridized carbons (Fsp3) is 0.400. The summed E-state index contributed by atoms with van der Waals surface area (Å²) in [5.41, 5.74) is 3.26. The summed E-state index contributed by atoms with van der Waals surface area (Å²) in [6, 6.07) is 6.23. The Balaban J connectivity index is 2.11. The van der Waals surface area contributed by atoms with E-state index < -0.39 is 0 Å². The molecular weight excluding hydrogens is 224 g/mol.